The van der Waals surface area contributed by atoms with Crippen LogP contribution in [-0.2, 0) is 5.75 Å². The summed E-state index contributed by atoms with van der Waals surface area (Å²) in [6.07, 6.45) is 3.51. The van der Waals surface area contributed by atoms with E-state index in [0.29, 0.717) is 12.1 Å². The smallest absolute Gasteiger partial charge is 0.137 e. The second-order valence-electron chi connectivity index (χ2n) is 4.72. The molecule has 0 unspecified atom stereocenters. The number of rotatable bonds is 4. The number of thiocarbonyl (C=S) groups is 1. The molecule has 0 radical (unpaired) electrons. The van der Waals surface area contributed by atoms with E-state index in [1.807, 2.05) is 6.07 Å². The quantitative estimate of drug-likeness (QED) is 0.859. The molecule has 1 aromatic rings. The molecule has 0 fully saturated rings. The zero-order chi connectivity index (χ0) is 13.7. The van der Waals surface area contributed by atoms with Crippen LogP contribution in [0.2, 0.25) is 0 Å². The number of thioether (sulfide) groups is 1. The SMILES string of the molecule is CC(C)N(C(=S)SCc1cnccc1N)C(C)C. The van der Waals surface area contributed by atoms with Gasteiger partial charge in [0.25, 0.3) is 0 Å². The zero-order valence-electron chi connectivity index (χ0n) is 11.4. The first-order valence-corrected chi connectivity index (χ1v) is 7.46. The van der Waals surface area contributed by atoms with E-state index in [2.05, 4.69) is 37.6 Å². The highest BCUT2D eigenvalue weighted by molar-refractivity contribution is 8.22. The number of hydrogen-bond donors (Lipinski definition) is 1. The lowest BCUT2D eigenvalue weighted by atomic mass is 10.2. The summed E-state index contributed by atoms with van der Waals surface area (Å²) in [5.74, 6) is 0.772. The minimum atomic E-state index is 0.413. The molecule has 0 amide bonds. The van der Waals surface area contributed by atoms with Crippen molar-refractivity contribution in [3.8, 4) is 0 Å². The van der Waals surface area contributed by atoms with Crippen molar-refractivity contribution < 1.29 is 0 Å². The maximum absolute atomic E-state index is 5.89. The molecule has 1 rings (SSSR count). The largest absolute Gasteiger partial charge is 0.398 e. The van der Waals surface area contributed by atoms with E-state index in [-0.39, 0.29) is 0 Å². The van der Waals surface area contributed by atoms with Crippen molar-refractivity contribution in [2.24, 2.45) is 0 Å². The first kappa shape index (κ1) is 15.2. The van der Waals surface area contributed by atoms with Crippen molar-refractivity contribution >= 4 is 34.0 Å². The number of hydrogen-bond acceptors (Lipinski definition) is 4. The average Bonchev–Trinajstić information content (AvgIpc) is 2.27. The van der Waals surface area contributed by atoms with Crippen LogP contribution in [0.15, 0.2) is 18.5 Å². The van der Waals surface area contributed by atoms with Gasteiger partial charge in [-0.1, -0.05) is 24.0 Å². The second-order valence-corrected chi connectivity index (χ2v) is 6.33. The highest BCUT2D eigenvalue weighted by atomic mass is 32.2. The maximum Gasteiger partial charge on any atom is 0.137 e. The molecule has 5 heteroatoms. The van der Waals surface area contributed by atoms with Gasteiger partial charge in [0.2, 0.25) is 0 Å². The molecule has 1 aromatic heterocycles. The minimum absolute atomic E-state index is 0.413. The zero-order valence-corrected chi connectivity index (χ0v) is 13.0. The van der Waals surface area contributed by atoms with Crippen LogP contribution in [0.4, 0.5) is 5.69 Å². The molecule has 100 valence electrons. The molecule has 0 bridgehead atoms. The van der Waals surface area contributed by atoms with Crippen LogP contribution in [-0.4, -0.2) is 26.3 Å². The van der Waals surface area contributed by atoms with Crippen LogP contribution in [0.25, 0.3) is 0 Å². The molecular weight excluding hydrogens is 262 g/mol. The Bertz CT molecular complexity index is 397. The van der Waals surface area contributed by atoms with Crippen LogP contribution in [0.5, 0.6) is 0 Å². The van der Waals surface area contributed by atoms with E-state index in [4.69, 9.17) is 18.0 Å². The Hall–Kier alpha value is -0.810. The Morgan fingerprint density at radius 2 is 2.00 bits per heavy atom. The first-order valence-electron chi connectivity index (χ1n) is 6.07. The lowest BCUT2D eigenvalue weighted by molar-refractivity contribution is 0.303. The molecule has 0 atom stereocenters. The summed E-state index contributed by atoms with van der Waals surface area (Å²) >= 11 is 7.14. The van der Waals surface area contributed by atoms with Crippen LogP contribution in [0.1, 0.15) is 33.3 Å². The number of nitrogens with zero attached hydrogens (tertiary/aromatic N) is 2. The van der Waals surface area contributed by atoms with Gasteiger partial charge in [0.1, 0.15) is 4.32 Å². The van der Waals surface area contributed by atoms with Crippen molar-refractivity contribution in [1.29, 1.82) is 0 Å². The second kappa shape index (κ2) is 6.95. The number of anilines is 1. The van der Waals surface area contributed by atoms with Gasteiger partial charge in [0.15, 0.2) is 0 Å². The van der Waals surface area contributed by atoms with Gasteiger partial charge in [0.05, 0.1) is 0 Å². The Balaban J connectivity index is 2.63. The Kier molecular flexibility index (Phi) is 5.88. The van der Waals surface area contributed by atoms with Gasteiger partial charge in [0, 0.05) is 41.5 Å². The maximum atomic E-state index is 5.89. The summed E-state index contributed by atoms with van der Waals surface area (Å²) in [4.78, 5) is 6.33. The van der Waals surface area contributed by atoms with Crippen LogP contribution in [0, 0.1) is 0 Å². The Morgan fingerprint density at radius 3 is 2.50 bits per heavy atom. The molecule has 0 aliphatic rings. The minimum Gasteiger partial charge on any atom is -0.398 e. The third kappa shape index (κ3) is 4.14. The van der Waals surface area contributed by atoms with Crippen molar-refractivity contribution in [3.05, 3.63) is 24.0 Å². The average molecular weight is 283 g/mol. The molecule has 0 aromatic carbocycles. The fraction of sp³-hybridized carbons (Fsp3) is 0.538. The normalized spacial score (nSPS) is 11.0. The van der Waals surface area contributed by atoms with Gasteiger partial charge in [-0.3, -0.25) is 4.98 Å². The number of aromatic nitrogens is 1. The fourth-order valence-electron chi connectivity index (χ4n) is 1.79. The van der Waals surface area contributed by atoms with E-state index in [1.54, 1.807) is 24.2 Å². The molecule has 0 saturated heterocycles. The molecule has 1 heterocycles. The highest BCUT2D eigenvalue weighted by Crippen LogP contribution is 2.22. The molecule has 0 aliphatic heterocycles. The molecular formula is C13H21N3S2. The van der Waals surface area contributed by atoms with Gasteiger partial charge >= 0.3 is 0 Å². The summed E-state index contributed by atoms with van der Waals surface area (Å²) < 4.78 is 0.920. The third-order valence-corrected chi connectivity index (χ3v) is 4.09. The van der Waals surface area contributed by atoms with Gasteiger partial charge in [-0.25, -0.2) is 0 Å². The van der Waals surface area contributed by atoms with Crippen LogP contribution < -0.4 is 5.73 Å². The molecule has 3 nitrogen and oxygen atoms in total. The van der Waals surface area contributed by atoms with E-state index < -0.39 is 0 Å². The van der Waals surface area contributed by atoms with Gasteiger partial charge in [-0.05, 0) is 33.8 Å². The number of pyridine rings is 1. The fourth-order valence-corrected chi connectivity index (χ4v) is 3.48. The summed E-state index contributed by atoms with van der Waals surface area (Å²) in [5, 5.41) is 0. The van der Waals surface area contributed by atoms with Crippen LogP contribution in [0.3, 0.4) is 0 Å². The molecule has 0 aliphatic carbocycles. The molecule has 2 N–H and O–H groups in total. The summed E-state index contributed by atoms with van der Waals surface area (Å²) in [6, 6.07) is 2.65. The first-order chi connectivity index (χ1) is 8.43. The number of nitrogen functional groups attached to an aromatic ring is 1. The summed E-state index contributed by atoms with van der Waals surface area (Å²) in [5.41, 5.74) is 7.71. The van der Waals surface area contributed by atoms with Crippen LogP contribution >= 0.6 is 24.0 Å². The van der Waals surface area contributed by atoms with E-state index in [0.717, 1.165) is 21.3 Å². The van der Waals surface area contributed by atoms with Crippen molar-refractivity contribution in [3.63, 3.8) is 0 Å². The van der Waals surface area contributed by atoms with Crippen molar-refractivity contribution in [2.75, 3.05) is 5.73 Å². The monoisotopic (exact) mass is 283 g/mol. The van der Waals surface area contributed by atoms with Crippen molar-refractivity contribution in [1.82, 2.24) is 9.88 Å². The van der Waals surface area contributed by atoms with E-state index >= 15 is 0 Å². The molecule has 18 heavy (non-hydrogen) atoms. The van der Waals surface area contributed by atoms with Crippen molar-refractivity contribution in [2.45, 2.75) is 45.5 Å². The van der Waals surface area contributed by atoms with E-state index in [9.17, 15) is 0 Å². The highest BCUT2D eigenvalue weighted by Gasteiger charge is 2.17. The standard InChI is InChI=1S/C13H21N3S2/c1-9(2)16(10(3)4)13(17)18-8-11-7-15-6-5-12(11)14/h5-7,9-10H,8H2,1-4H3,(H2,14,15). The Morgan fingerprint density at radius 1 is 1.39 bits per heavy atom. The third-order valence-electron chi connectivity index (χ3n) is 2.62. The molecule has 0 saturated carbocycles. The van der Waals surface area contributed by atoms with Gasteiger partial charge in [-0.2, -0.15) is 0 Å². The van der Waals surface area contributed by atoms with Gasteiger partial charge in [-0.15, -0.1) is 0 Å². The summed E-state index contributed by atoms with van der Waals surface area (Å²) in [6.45, 7) is 8.63. The topological polar surface area (TPSA) is 42.2 Å². The summed E-state index contributed by atoms with van der Waals surface area (Å²) in [7, 11) is 0. The predicted octanol–water partition coefficient (Wildman–Crippen LogP) is 3.30. The molecule has 0 spiro atoms. The Labute approximate surface area is 119 Å². The van der Waals surface area contributed by atoms with E-state index in [1.165, 1.54) is 0 Å². The lowest BCUT2D eigenvalue weighted by Crippen LogP contribution is -2.39. The predicted molar refractivity (Wildman–Crippen MR) is 84.7 cm³/mol. The number of nitrogens with two attached hydrogens (primary N) is 1. The van der Waals surface area contributed by atoms with Gasteiger partial charge < -0.3 is 10.6 Å². The lowest BCUT2D eigenvalue weighted by Gasteiger charge is -2.32.